The van der Waals surface area contributed by atoms with Crippen LogP contribution in [0.15, 0.2) is 65.9 Å². The van der Waals surface area contributed by atoms with Gasteiger partial charge in [0.1, 0.15) is 11.5 Å². The van der Waals surface area contributed by atoms with Gasteiger partial charge in [-0.2, -0.15) is 0 Å². The molecular weight excluding hydrogens is 424 g/mol. The average Bonchev–Trinajstić information content (AvgIpc) is 3.57. The van der Waals surface area contributed by atoms with E-state index in [1.807, 2.05) is 30.7 Å². The molecule has 1 fully saturated rings. The topological polar surface area (TPSA) is 106 Å². The van der Waals surface area contributed by atoms with Gasteiger partial charge in [0.05, 0.1) is 11.6 Å². The number of fused-ring (bicyclic) bond motifs is 3. The number of aromatic nitrogens is 3. The fraction of sp³-hybridized carbons (Fsp3) is 0.296. The summed E-state index contributed by atoms with van der Waals surface area (Å²) in [4.78, 5) is 30.4. The highest BCUT2D eigenvalue weighted by Gasteiger charge is 2.47. The van der Waals surface area contributed by atoms with Gasteiger partial charge in [-0.1, -0.05) is 36.4 Å². The summed E-state index contributed by atoms with van der Waals surface area (Å²) in [7, 11) is 0. The Hall–Kier alpha value is -3.87. The van der Waals surface area contributed by atoms with Crippen LogP contribution in [0.25, 0.3) is 0 Å². The first-order chi connectivity index (χ1) is 16.6. The van der Waals surface area contributed by atoms with Crippen molar-refractivity contribution >= 4 is 23.6 Å². The molecule has 3 N–H and O–H groups in total. The number of aliphatic imine (C=N–C) groups is 1. The van der Waals surface area contributed by atoms with Gasteiger partial charge in [-0.05, 0) is 53.5 Å². The van der Waals surface area contributed by atoms with Gasteiger partial charge in [0.25, 0.3) is 0 Å². The fourth-order valence-corrected chi connectivity index (χ4v) is 5.49. The van der Waals surface area contributed by atoms with E-state index in [0.29, 0.717) is 18.7 Å². The Bertz CT molecular complexity index is 1280. The molecule has 0 radical (unpaired) electrons. The number of amides is 1. The molecular formula is C27H26N6O. The van der Waals surface area contributed by atoms with Gasteiger partial charge in [-0.3, -0.25) is 14.8 Å². The zero-order chi connectivity index (χ0) is 23.1. The minimum Gasteiger partial charge on any atom is -0.369 e. The summed E-state index contributed by atoms with van der Waals surface area (Å²) in [6, 6.07) is 12.6. The second kappa shape index (κ2) is 8.48. The first kappa shape index (κ1) is 20.7. The molecule has 3 heterocycles. The van der Waals surface area contributed by atoms with Crippen LogP contribution < -0.4 is 11.1 Å². The van der Waals surface area contributed by atoms with Crippen molar-refractivity contribution in [3.05, 3.63) is 89.2 Å². The molecule has 1 saturated carbocycles. The van der Waals surface area contributed by atoms with E-state index in [1.54, 1.807) is 0 Å². The number of hydrogen-bond donors (Lipinski definition) is 2. The summed E-state index contributed by atoms with van der Waals surface area (Å²) in [6.07, 6.45) is 13.0. The molecule has 4 atom stereocenters. The molecule has 34 heavy (non-hydrogen) atoms. The number of nitrogens with zero attached hydrogens (tertiary/aromatic N) is 4. The Morgan fingerprint density at radius 3 is 2.41 bits per heavy atom. The van der Waals surface area contributed by atoms with Gasteiger partial charge in [0.15, 0.2) is 5.82 Å². The molecule has 3 aromatic rings. The second-order valence-corrected chi connectivity index (χ2v) is 9.37. The smallest absolute Gasteiger partial charge is 0.223 e. The average molecular weight is 451 g/mol. The van der Waals surface area contributed by atoms with Crippen LogP contribution in [0.3, 0.4) is 0 Å². The lowest BCUT2D eigenvalue weighted by Gasteiger charge is -2.27. The molecule has 7 heteroatoms. The van der Waals surface area contributed by atoms with Crippen molar-refractivity contribution in [2.75, 3.05) is 5.32 Å². The van der Waals surface area contributed by atoms with E-state index in [1.165, 1.54) is 11.1 Å². The van der Waals surface area contributed by atoms with Gasteiger partial charge in [0.2, 0.25) is 5.91 Å². The standard InChI is InChI=1S/C27H26N6O/c28-26(34)23-19-5-6-20(15-19)24(23)33-27-25-21(9-12-30-25)31-22(32-27)14-17-3-1-16(2-4-17)13-18-7-10-29-11-8-18/h1-8,10-12,19-20,23-24H,9,13-15H2,(H2,28,34)(H,31,32,33)/t19-,20+,23-,24+/m0/s1. The number of nitrogens with two attached hydrogens (primary N) is 1. The van der Waals surface area contributed by atoms with E-state index < -0.39 is 0 Å². The third-order valence-corrected chi connectivity index (χ3v) is 7.14. The highest BCUT2D eigenvalue weighted by atomic mass is 16.1. The lowest BCUT2D eigenvalue weighted by atomic mass is 9.88. The molecule has 6 rings (SSSR count). The predicted octanol–water partition coefficient (Wildman–Crippen LogP) is 3.40. The van der Waals surface area contributed by atoms with Crippen molar-refractivity contribution in [1.82, 2.24) is 15.0 Å². The Morgan fingerprint density at radius 2 is 1.65 bits per heavy atom. The van der Waals surface area contributed by atoms with Gasteiger partial charge in [-0.25, -0.2) is 9.97 Å². The summed E-state index contributed by atoms with van der Waals surface area (Å²) in [5.74, 6) is 1.49. The Labute approximate surface area is 198 Å². The van der Waals surface area contributed by atoms with Crippen LogP contribution in [0.5, 0.6) is 0 Å². The van der Waals surface area contributed by atoms with Crippen molar-refractivity contribution < 1.29 is 4.79 Å². The molecule has 0 unspecified atom stereocenters. The number of anilines is 1. The monoisotopic (exact) mass is 450 g/mol. The molecule has 2 aromatic heterocycles. The van der Waals surface area contributed by atoms with Crippen molar-refractivity contribution in [1.29, 1.82) is 0 Å². The Kier molecular flexibility index (Phi) is 5.17. The van der Waals surface area contributed by atoms with Gasteiger partial charge < -0.3 is 11.1 Å². The molecule has 1 aliphatic heterocycles. The normalized spacial score (nSPS) is 23.9. The van der Waals surface area contributed by atoms with Gasteiger partial charge >= 0.3 is 0 Å². The van der Waals surface area contributed by atoms with E-state index in [0.717, 1.165) is 35.6 Å². The third-order valence-electron chi connectivity index (χ3n) is 7.14. The van der Waals surface area contributed by atoms with Crippen molar-refractivity contribution in [3.63, 3.8) is 0 Å². The lowest BCUT2D eigenvalue weighted by molar-refractivity contribution is -0.122. The zero-order valence-electron chi connectivity index (χ0n) is 18.8. The van der Waals surface area contributed by atoms with Crippen LogP contribution in [0.1, 0.15) is 34.6 Å². The molecule has 7 nitrogen and oxygen atoms in total. The predicted molar refractivity (Wildman–Crippen MR) is 131 cm³/mol. The summed E-state index contributed by atoms with van der Waals surface area (Å²) < 4.78 is 0. The SMILES string of the molecule is NC(=O)[C@@H]1[C@H](Nc2nc(Cc3ccc(Cc4ccncc4)cc3)nc3c2N=CC3)[C@@H]2C=C[C@H]1C2. The minimum atomic E-state index is -0.254. The maximum atomic E-state index is 12.2. The Balaban J connectivity index is 1.22. The molecule has 170 valence electrons. The highest BCUT2D eigenvalue weighted by molar-refractivity contribution is 5.82. The number of nitrogens with one attached hydrogen (secondary N) is 1. The number of carbonyl (C=O) groups excluding carboxylic acids is 1. The summed E-state index contributed by atoms with van der Waals surface area (Å²) in [5, 5.41) is 3.54. The number of hydrogen-bond acceptors (Lipinski definition) is 6. The molecule has 0 saturated heterocycles. The first-order valence-electron chi connectivity index (χ1n) is 11.8. The maximum Gasteiger partial charge on any atom is 0.223 e. The number of allylic oxidation sites excluding steroid dienone is 1. The quantitative estimate of drug-likeness (QED) is 0.537. The molecule has 2 aliphatic carbocycles. The molecule has 1 amide bonds. The van der Waals surface area contributed by atoms with E-state index in [2.05, 4.69) is 51.7 Å². The van der Waals surface area contributed by atoms with Crippen LogP contribution in [0.2, 0.25) is 0 Å². The number of rotatable bonds is 7. The number of carbonyl (C=O) groups is 1. The van der Waals surface area contributed by atoms with Crippen molar-refractivity contribution in [3.8, 4) is 0 Å². The third kappa shape index (κ3) is 3.87. The largest absolute Gasteiger partial charge is 0.369 e. The number of benzene rings is 1. The molecule has 1 aromatic carbocycles. The maximum absolute atomic E-state index is 12.2. The van der Waals surface area contributed by atoms with Crippen molar-refractivity contribution in [2.24, 2.45) is 28.5 Å². The minimum absolute atomic E-state index is 0.0531. The van der Waals surface area contributed by atoms with Crippen LogP contribution >= 0.6 is 0 Å². The second-order valence-electron chi connectivity index (χ2n) is 9.37. The molecule has 3 aliphatic rings. The number of primary amides is 1. The fourth-order valence-electron chi connectivity index (χ4n) is 5.49. The van der Waals surface area contributed by atoms with E-state index >= 15 is 0 Å². The number of pyridine rings is 1. The van der Waals surface area contributed by atoms with Gasteiger partial charge in [0, 0.05) is 37.5 Å². The van der Waals surface area contributed by atoms with Crippen molar-refractivity contribution in [2.45, 2.75) is 31.7 Å². The highest BCUT2D eigenvalue weighted by Crippen LogP contribution is 2.45. The van der Waals surface area contributed by atoms with E-state index in [-0.39, 0.29) is 29.7 Å². The molecule has 0 spiro atoms. The summed E-state index contributed by atoms with van der Waals surface area (Å²) >= 11 is 0. The lowest BCUT2D eigenvalue weighted by Crippen LogP contribution is -2.41. The first-order valence-corrected chi connectivity index (χ1v) is 11.8. The van der Waals surface area contributed by atoms with Crippen LogP contribution in [-0.2, 0) is 24.1 Å². The van der Waals surface area contributed by atoms with Crippen LogP contribution in [0.4, 0.5) is 11.5 Å². The Morgan fingerprint density at radius 1 is 0.941 bits per heavy atom. The molecule has 2 bridgehead atoms. The van der Waals surface area contributed by atoms with E-state index in [4.69, 9.17) is 15.7 Å². The summed E-state index contributed by atoms with van der Waals surface area (Å²) in [6.45, 7) is 0. The zero-order valence-corrected chi connectivity index (χ0v) is 18.8. The van der Waals surface area contributed by atoms with Crippen LogP contribution in [-0.4, -0.2) is 33.1 Å². The van der Waals surface area contributed by atoms with E-state index in [9.17, 15) is 4.79 Å². The summed E-state index contributed by atoms with van der Waals surface area (Å²) in [5.41, 5.74) is 11.1. The van der Waals surface area contributed by atoms with Gasteiger partial charge in [-0.15, -0.1) is 0 Å². The van der Waals surface area contributed by atoms with Crippen LogP contribution in [0, 0.1) is 17.8 Å².